The van der Waals surface area contributed by atoms with Gasteiger partial charge in [-0.3, -0.25) is 4.79 Å². The first-order valence-corrected chi connectivity index (χ1v) is 8.38. The van der Waals surface area contributed by atoms with E-state index in [1.807, 2.05) is 26.0 Å². The fourth-order valence-electron chi connectivity index (χ4n) is 2.01. The van der Waals surface area contributed by atoms with Gasteiger partial charge in [0.1, 0.15) is 5.82 Å². The van der Waals surface area contributed by atoms with Crippen LogP contribution in [0.4, 0.5) is 10.1 Å². The highest BCUT2D eigenvalue weighted by Gasteiger charge is 2.15. The molecular formula is C16H17FN2O3S. The predicted molar refractivity (Wildman–Crippen MR) is 86.1 cm³/mol. The number of halogens is 1. The molecule has 0 aliphatic carbocycles. The minimum atomic E-state index is -3.86. The standard InChI is InChI=1S/C16H17FN2O3S/c1-11-3-8-15(12(2)9-11)19-16(20)10-18-23(21,22)14-6-4-13(17)5-7-14/h3-9,18H,10H2,1-2H3,(H,19,20). The number of carbonyl (C=O) groups excluding carboxylic acids is 1. The molecule has 0 aliphatic heterocycles. The van der Waals surface area contributed by atoms with Gasteiger partial charge >= 0.3 is 0 Å². The van der Waals surface area contributed by atoms with Gasteiger partial charge in [-0.25, -0.2) is 17.5 Å². The van der Waals surface area contributed by atoms with E-state index in [-0.39, 0.29) is 4.90 Å². The summed E-state index contributed by atoms with van der Waals surface area (Å²) in [7, 11) is -3.86. The minimum absolute atomic E-state index is 0.0989. The Labute approximate surface area is 134 Å². The molecule has 122 valence electrons. The smallest absolute Gasteiger partial charge is 0.241 e. The molecule has 2 rings (SSSR count). The number of carbonyl (C=O) groups is 1. The summed E-state index contributed by atoms with van der Waals surface area (Å²) in [5, 5.41) is 2.64. The van der Waals surface area contributed by atoms with Crippen molar-refractivity contribution in [1.82, 2.24) is 4.72 Å². The molecule has 2 aromatic rings. The number of rotatable bonds is 5. The second-order valence-corrected chi connectivity index (χ2v) is 6.91. The molecule has 7 heteroatoms. The van der Waals surface area contributed by atoms with E-state index >= 15 is 0 Å². The largest absolute Gasteiger partial charge is 0.325 e. The van der Waals surface area contributed by atoms with Gasteiger partial charge in [-0.05, 0) is 49.7 Å². The van der Waals surface area contributed by atoms with Gasteiger partial charge < -0.3 is 5.32 Å². The molecule has 0 bridgehead atoms. The van der Waals surface area contributed by atoms with E-state index in [4.69, 9.17) is 0 Å². The topological polar surface area (TPSA) is 75.3 Å². The zero-order chi connectivity index (χ0) is 17.0. The summed E-state index contributed by atoms with van der Waals surface area (Å²) in [6.07, 6.45) is 0. The van der Waals surface area contributed by atoms with Crippen LogP contribution >= 0.6 is 0 Å². The van der Waals surface area contributed by atoms with E-state index in [1.165, 1.54) is 0 Å². The van der Waals surface area contributed by atoms with E-state index in [0.29, 0.717) is 5.69 Å². The average molecular weight is 336 g/mol. The van der Waals surface area contributed by atoms with Gasteiger partial charge in [0.25, 0.3) is 0 Å². The third kappa shape index (κ3) is 4.61. The maximum absolute atomic E-state index is 12.8. The number of aryl methyl sites for hydroxylation is 2. The lowest BCUT2D eigenvalue weighted by Gasteiger charge is -2.10. The lowest BCUT2D eigenvalue weighted by atomic mass is 10.1. The molecule has 0 aromatic heterocycles. The zero-order valence-electron chi connectivity index (χ0n) is 12.8. The van der Waals surface area contributed by atoms with Crippen molar-refractivity contribution in [2.24, 2.45) is 0 Å². The second-order valence-electron chi connectivity index (χ2n) is 5.15. The van der Waals surface area contributed by atoms with Crippen molar-refractivity contribution in [3.8, 4) is 0 Å². The maximum Gasteiger partial charge on any atom is 0.241 e. The average Bonchev–Trinajstić information content (AvgIpc) is 2.49. The van der Waals surface area contributed by atoms with Crippen LogP contribution in [-0.4, -0.2) is 20.9 Å². The monoisotopic (exact) mass is 336 g/mol. The molecule has 2 aromatic carbocycles. The van der Waals surface area contributed by atoms with Crippen molar-refractivity contribution in [2.45, 2.75) is 18.7 Å². The number of hydrogen-bond acceptors (Lipinski definition) is 3. The normalized spacial score (nSPS) is 11.3. The second kappa shape index (κ2) is 6.89. The molecule has 1 amide bonds. The van der Waals surface area contributed by atoms with Crippen molar-refractivity contribution in [3.05, 3.63) is 59.4 Å². The van der Waals surface area contributed by atoms with Crippen molar-refractivity contribution < 1.29 is 17.6 Å². The van der Waals surface area contributed by atoms with Crippen LogP contribution in [0.5, 0.6) is 0 Å². The van der Waals surface area contributed by atoms with Crippen LogP contribution in [0.2, 0.25) is 0 Å². The van der Waals surface area contributed by atoms with Crippen molar-refractivity contribution in [1.29, 1.82) is 0 Å². The number of amides is 1. The maximum atomic E-state index is 12.8. The van der Waals surface area contributed by atoms with Gasteiger partial charge in [-0.1, -0.05) is 17.7 Å². The van der Waals surface area contributed by atoms with Crippen molar-refractivity contribution in [2.75, 3.05) is 11.9 Å². The Morgan fingerprint density at radius 3 is 2.35 bits per heavy atom. The van der Waals surface area contributed by atoms with Gasteiger partial charge in [0.15, 0.2) is 0 Å². The molecule has 0 heterocycles. The SMILES string of the molecule is Cc1ccc(NC(=O)CNS(=O)(=O)c2ccc(F)cc2)c(C)c1. The Morgan fingerprint density at radius 1 is 1.09 bits per heavy atom. The molecule has 0 spiro atoms. The highest BCUT2D eigenvalue weighted by atomic mass is 32.2. The van der Waals surface area contributed by atoms with Gasteiger partial charge in [-0.2, -0.15) is 0 Å². The Morgan fingerprint density at radius 2 is 1.74 bits per heavy atom. The third-order valence-electron chi connectivity index (χ3n) is 3.20. The Balaban J connectivity index is 1.99. The van der Waals surface area contributed by atoms with Crippen LogP contribution < -0.4 is 10.0 Å². The minimum Gasteiger partial charge on any atom is -0.325 e. The van der Waals surface area contributed by atoms with E-state index in [0.717, 1.165) is 35.4 Å². The lowest BCUT2D eigenvalue weighted by Crippen LogP contribution is -2.33. The molecule has 0 saturated carbocycles. The van der Waals surface area contributed by atoms with Crippen LogP contribution in [0.25, 0.3) is 0 Å². The first kappa shape index (κ1) is 17.1. The molecule has 5 nitrogen and oxygen atoms in total. The van der Waals surface area contributed by atoms with Crippen LogP contribution in [-0.2, 0) is 14.8 Å². The first-order valence-electron chi connectivity index (χ1n) is 6.90. The van der Waals surface area contributed by atoms with E-state index in [9.17, 15) is 17.6 Å². The molecule has 0 fully saturated rings. The Hall–Kier alpha value is -2.25. The molecular weight excluding hydrogens is 319 g/mol. The lowest BCUT2D eigenvalue weighted by molar-refractivity contribution is -0.115. The van der Waals surface area contributed by atoms with Crippen LogP contribution in [0.1, 0.15) is 11.1 Å². The van der Waals surface area contributed by atoms with E-state index in [1.54, 1.807) is 6.07 Å². The first-order chi connectivity index (χ1) is 10.8. The van der Waals surface area contributed by atoms with Gasteiger partial charge in [0, 0.05) is 5.69 Å². The predicted octanol–water partition coefficient (Wildman–Crippen LogP) is 2.36. The fraction of sp³-hybridized carbons (Fsp3) is 0.188. The molecule has 2 N–H and O–H groups in total. The number of sulfonamides is 1. The summed E-state index contributed by atoms with van der Waals surface area (Å²) in [6.45, 7) is 3.38. The Bertz CT molecular complexity index is 818. The molecule has 0 radical (unpaired) electrons. The summed E-state index contributed by atoms with van der Waals surface area (Å²) in [5.74, 6) is -1.01. The summed E-state index contributed by atoms with van der Waals surface area (Å²) in [4.78, 5) is 11.8. The number of hydrogen-bond donors (Lipinski definition) is 2. The van der Waals surface area contributed by atoms with Crippen LogP contribution in [0.15, 0.2) is 47.4 Å². The number of benzene rings is 2. The molecule has 23 heavy (non-hydrogen) atoms. The highest BCUT2D eigenvalue weighted by molar-refractivity contribution is 7.89. The van der Waals surface area contributed by atoms with Crippen LogP contribution in [0, 0.1) is 19.7 Å². The number of nitrogens with one attached hydrogen (secondary N) is 2. The summed E-state index contributed by atoms with van der Waals surface area (Å²) < 4.78 is 39.0. The summed E-state index contributed by atoms with van der Waals surface area (Å²) in [5.41, 5.74) is 2.58. The molecule has 0 unspecified atom stereocenters. The van der Waals surface area contributed by atoms with Crippen molar-refractivity contribution >= 4 is 21.6 Å². The van der Waals surface area contributed by atoms with Gasteiger partial charge in [-0.15, -0.1) is 0 Å². The van der Waals surface area contributed by atoms with E-state index in [2.05, 4.69) is 10.0 Å². The third-order valence-corrected chi connectivity index (χ3v) is 4.62. The zero-order valence-corrected chi connectivity index (χ0v) is 13.6. The van der Waals surface area contributed by atoms with E-state index < -0.39 is 28.3 Å². The molecule has 0 saturated heterocycles. The van der Waals surface area contributed by atoms with Gasteiger partial charge in [0.05, 0.1) is 11.4 Å². The highest BCUT2D eigenvalue weighted by Crippen LogP contribution is 2.16. The Kier molecular flexibility index (Phi) is 5.12. The number of anilines is 1. The summed E-state index contributed by atoms with van der Waals surface area (Å²) in [6, 6.07) is 9.90. The van der Waals surface area contributed by atoms with Gasteiger partial charge in [0.2, 0.25) is 15.9 Å². The fourth-order valence-corrected chi connectivity index (χ4v) is 2.99. The molecule has 0 atom stereocenters. The quantitative estimate of drug-likeness (QED) is 0.880. The summed E-state index contributed by atoms with van der Waals surface area (Å²) >= 11 is 0. The van der Waals surface area contributed by atoms with Crippen molar-refractivity contribution in [3.63, 3.8) is 0 Å². The van der Waals surface area contributed by atoms with Crippen LogP contribution in [0.3, 0.4) is 0 Å². The molecule has 0 aliphatic rings.